The molecule has 2 saturated heterocycles. The lowest BCUT2D eigenvalue weighted by Crippen LogP contribution is -2.69. The van der Waals surface area contributed by atoms with E-state index in [2.05, 4.69) is 5.32 Å². The van der Waals surface area contributed by atoms with Crippen molar-refractivity contribution in [1.29, 1.82) is 0 Å². The number of nitrogens with one attached hydrogen (secondary N) is 1. The van der Waals surface area contributed by atoms with Crippen LogP contribution in [0.3, 0.4) is 0 Å². The number of ether oxygens (including phenoxy) is 1. The third-order valence-corrected chi connectivity index (χ3v) is 6.64. The van der Waals surface area contributed by atoms with Crippen LogP contribution >= 0.6 is 0 Å². The fourth-order valence-corrected chi connectivity index (χ4v) is 4.94. The van der Waals surface area contributed by atoms with Crippen LogP contribution in [-0.4, -0.2) is 71.2 Å². The van der Waals surface area contributed by atoms with Gasteiger partial charge in [-0.05, 0) is 25.7 Å². The Hall–Kier alpha value is -2.22. The average molecular weight is 403 g/mol. The number of piperazine rings is 1. The van der Waals surface area contributed by atoms with Gasteiger partial charge in [0.2, 0.25) is 11.6 Å². The van der Waals surface area contributed by atoms with Crippen LogP contribution in [0.25, 0.3) is 0 Å². The van der Waals surface area contributed by atoms with Gasteiger partial charge in [-0.3, -0.25) is 19.2 Å². The normalized spacial score (nSPS) is 30.6. The van der Waals surface area contributed by atoms with E-state index in [1.807, 2.05) is 6.92 Å². The van der Waals surface area contributed by atoms with Crippen molar-refractivity contribution in [2.75, 3.05) is 19.7 Å². The van der Waals surface area contributed by atoms with Crippen LogP contribution in [0.1, 0.15) is 51.9 Å². The summed E-state index contributed by atoms with van der Waals surface area (Å²) in [7, 11) is 0. The molecule has 2 amide bonds. The van der Waals surface area contributed by atoms with Crippen LogP contribution in [0.15, 0.2) is 11.8 Å². The Morgan fingerprint density at radius 1 is 1.17 bits per heavy atom. The van der Waals surface area contributed by atoms with E-state index in [1.165, 1.54) is 43.2 Å². The maximum absolute atomic E-state index is 12.9. The van der Waals surface area contributed by atoms with Gasteiger partial charge >= 0.3 is 0 Å². The van der Waals surface area contributed by atoms with Crippen LogP contribution in [0.2, 0.25) is 0 Å². The third-order valence-electron chi connectivity index (χ3n) is 6.64. The molecule has 0 aromatic rings. The molecule has 0 aromatic carbocycles. The first-order chi connectivity index (χ1) is 14.0. The molecular weight excluding hydrogens is 374 g/mol. The number of ketones is 2. The molecule has 8 heteroatoms. The van der Waals surface area contributed by atoms with Crippen molar-refractivity contribution in [3.8, 4) is 0 Å². The summed E-state index contributed by atoms with van der Waals surface area (Å²) in [5, 5.41) is 2.79. The van der Waals surface area contributed by atoms with Gasteiger partial charge in [0.25, 0.3) is 11.8 Å². The monoisotopic (exact) mass is 403 g/mol. The molecule has 1 unspecified atom stereocenters. The summed E-state index contributed by atoms with van der Waals surface area (Å²) >= 11 is 0. The van der Waals surface area contributed by atoms with Crippen molar-refractivity contribution in [1.82, 2.24) is 15.1 Å². The van der Waals surface area contributed by atoms with Crippen molar-refractivity contribution in [3.63, 3.8) is 0 Å². The molecule has 4 rings (SSSR count). The first-order valence-electron chi connectivity index (χ1n) is 10.8. The molecule has 29 heavy (non-hydrogen) atoms. The quantitative estimate of drug-likeness (QED) is 0.423. The second-order valence-electron chi connectivity index (χ2n) is 8.59. The van der Waals surface area contributed by atoms with Gasteiger partial charge in [0, 0.05) is 18.8 Å². The van der Waals surface area contributed by atoms with Gasteiger partial charge in [0.05, 0.1) is 13.2 Å². The van der Waals surface area contributed by atoms with Crippen molar-refractivity contribution >= 4 is 23.4 Å². The standard InChI is InChI=1S/C21H29N3O5/c1-13-8-10-29-16-12-23-11-15(18(25)19(26)17(23)21(28)24(13)16)20(27)22-9-7-14-5-3-2-4-6-14/h11,13-14,16-17H,2-10,12H2,1H3,(H,22,27)/t13-,16+,17?/m1/s1. The van der Waals surface area contributed by atoms with E-state index in [1.54, 1.807) is 4.90 Å². The Morgan fingerprint density at radius 3 is 2.69 bits per heavy atom. The molecule has 1 N–H and O–H groups in total. The van der Waals surface area contributed by atoms with Gasteiger partial charge in [-0.15, -0.1) is 0 Å². The fraction of sp³-hybridized carbons (Fsp3) is 0.714. The topological polar surface area (TPSA) is 96.0 Å². The molecule has 4 aliphatic rings. The van der Waals surface area contributed by atoms with E-state index in [9.17, 15) is 19.2 Å². The molecule has 158 valence electrons. The number of fused-ring (bicyclic) bond motifs is 2. The number of Topliss-reactive ketones (excluding diaryl/α,β-unsaturated/α-hetero) is 2. The number of hydrogen-bond donors (Lipinski definition) is 1. The summed E-state index contributed by atoms with van der Waals surface area (Å²) in [6, 6.07) is -1.22. The molecule has 3 aliphatic heterocycles. The minimum Gasteiger partial charge on any atom is -0.356 e. The number of amides is 2. The Bertz CT molecular complexity index is 743. The van der Waals surface area contributed by atoms with Gasteiger partial charge in [-0.2, -0.15) is 0 Å². The van der Waals surface area contributed by atoms with Gasteiger partial charge in [-0.1, -0.05) is 32.1 Å². The minimum absolute atomic E-state index is 0.0419. The van der Waals surface area contributed by atoms with E-state index in [0.717, 1.165) is 6.42 Å². The Labute approximate surface area is 170 Å². The zero-order valence-electron chi connectivity index (χ0n) is 16.9. The second-order valence-corrected chi connectivity index (χ2v) is 8.59. The summed E-state index contributed by atoms with van der Waals surface area (Å²) in [5.74, 6) is -2.04. The zero-order valence-corrected chi connectivity index (χ0v) is 16.9. The minimum atomic E-state index is -1.18. The smallest absolute Gasteiger partial charge is 0.256 e. The lowest BCUT2D eigenvalue weighted by atomic mass is 9.87. The van der Waals surface area contributed by atoms with Crippen LogP contribution < -0.4 is 5.32 Å². The molecule has 0 aromatic heterocycles. The maximum Gasteiger partial charge on any atom is 0.256 e. The van der Waals surface area contributed by atoms with E-state index >= 15 is 0 Å². The molecular formula is C21H29N3O5. The van der Waals surface area contributed by atoms with Crippen LogP contribution in [0.5, 0.6) is 0 Å². The number of hydrogen-bond acceptors (Lipinski definition) is 6. The van der Waals surface area contributed by atoms with Gasteiger partial charge < -0.3 is 19.9 Å². The third kappa shape index (κ3) is 3.82. The summed E-state index contributed by atoms with van der Waals surface area (Å²) < 4.78 is 5.70. The highest BCUT2D eigenvalue weighted by atomic mass is 16.5. The molecule has 0 spiro atoms. The summed E-state index contributed by atoms with van der Waals surface area (Å²) in [4.78, 5) is 53.8. The Morgan fingerprint density at radius 2 is 1.93 bits per heavy atom. The molecule has 0 radical (unpaired) electrons. The number of rotatable bonds is 4. The lowest BCUT2D eigenvalue weighted by Gasteiger charge is -2.49. The van der Waals surface area contributed by atoms with Crippen molar-refractivity contribution in [3.05, 3.63) is 11.8 Å². The van der Waals surface area contributed by atoms with Crippen molar-refractivity contribution in [2.24, 2.45) is 5.92 Å². The predicted molar refractivity (Wildman–Crippen MR) is 103 cm³/mol. The van der Waals surface area contributed by atoms with Gasteiger partial charge in [0.1, 0.15) is 11.8 Å². The van der Waals surface area contributed by atoms with Gasteiger partial charge in [-0.25, -0.2) is 0 Å². The summed E-state index contributed by atoms with van der Waals surface area (Å²) in [5.41, 5.74) is -0.181. The molecule has 1 aliphatic carbocycles. The first kappa shape index (κ1) is 20.1. The van der Waals surface area contributed by atoms with Gasteiger partial charge in [0.15, 0.2) is 6.04 Å². The molecule has 1 saturated carbocycles. The summed E-state index contributed by atoms with van der Waals surface area (Å²) in [6.45, 7) is 3.22. The molecule has 8 nitrogen and oxygen atoms in total. The van der Waals surface area contributed by atoms with Crippen LogP contribution in [0, 0.1) is 5.92 Å². The number of carbonyl (C=O) groups excluding carboxylic acids is 4. The summed E-state index contributed by atoms with van der Waals surface area (Å²) in [6.07, 6.45) is 8.62. The number of carbonyl (C=O) groups is 4. The highest BCUT2D eigenvalue weighted by Crippen LogP contribution is 2.29. The predicted octanol–water partition coefficient (Wildman–Crippen LogP) is 0.756. The zero-order chi connectivity index (χ0) is 20.5. The van der Waals surface area contributed by atoms with Crippen molar-refractivity contribution < 1.29 is 23.9 Å². The van der Waals surface area contributed by atoms with Crippen LogP contribution in [-0.2, 0) is 23.9 Å². The van der Waals surface area contributed by atoms with Crippen LogP contribution in [0.4, 0.5) is 0 Å². The average Bonchev–Trinajstić information content (AvgIpc) is 2.71. The Kier molecular flexibility index (Phi) is 5.72. The first-order valence-corrected chi connectivity index (χ1v) is 10.8. The highest BCUT2D eigenvalue weighted by molar-refractivity contribution is 6.53. The van der Waals surface area contributed by atoms with E-state index in [-0.39, 0.29) is 18.2 Å². The van der Waals surface area contributed by atoms with Crippen molar-refractivity contribution in [2.45, 2.75) is 70.2 Å². The molecule has 3 fully saturated rings. The van der Waals surface area contributed by atoms with E-state index in [0.29, 0.717) is 25.5 Å². The Balaban J connectivity index is 1.44. The SMILES string of the molecule is C[C@@H]1CCO[C@H]2CN3C=C(C(=O)NCCC4CCCCC4)C(=O)C(=O)C3C(=O)N12. The fourth-order valence-electron chi connectivity index (χ4n) is 4.94. The maximum atomic E-state index is 12.9. The largest absolute Gasteiger partial charge is 0.356 e. The molecule has 3 atom stereocenters. The lowest BCUT2D eigenvalue weighted by molar-refractivity contribution is -0.185. The molecule has 3 heterocycles. The van der Waals surface area contributed by atoms with E-state index < -0.39 is 35.7 Å². The second kappa shape index (κ2) is 8.26. The highest BCUT2D eigenvalue weighted by Gasteiger charge is 2.51. The van der Waals surface area contributed by atoms with E-state index in [4.69, 9.17) is 4.74 Å². The number of nitrogens with zero attached hydrogens (tertiary/aromatic N) is 2. The molecule has 0 bridgehead atoms.